The Morgan fingerprint density at radius 2 is 1.62 bits per heavy atom. The first-order valence-electron chi connectivity index (χ1n) is 9.09. The van der Waals surface area contributed by atoms with Gasteiger partial charge in [-0.15, -0.1) is 10.2 Å². The molecule has 29 heavy (non-hydrogen) atoms. The fourth-order valence-electron chi connectivity index (χ4n) is 3.04. The number of anilines is 1. The van der Waals surface area contributed by atoms with Crippen molar-refractivity contribution in [2.45, 2.75) is 0 Å². The third-order valence-corrected chi connectivity index (χ3v) is 7.53. The highest BCUT2D eigenvalue weighted by Gasteiger charge is 2.26. The van der Waals surface area contributed by atoms with Gasteiger partial charge >= 0.3 is 0 Å². The van der Waals surface area contributed by atoms with Gasteiger partial charge in [0.15, 0.2) is 5.01 Å². The zero-order chi connectivity index (χ0) is 20.3. The second kappa shape index (κ2) is 8.62. The van der Waals surface area contributed by atoms with Gasteiger partial charge in [0.25, 0.3) is 0 Å². The number of piperazine rings is 1. The van der Waals surface area contributed by atoms with E-state index >= 15 is 0 Å². The van der Waals surface area contributed by atoms with Crippen molar-refractivity contribution in [3.63, 3.8) is 0 Å². The third kappa shape index (κ3) is 4.67. The molecule has 0 radical (unpaired) electrons. The van der Waals surface area contributed by atoms with E-state index in [0.717, 1.165) is 21.3 Å². The molecule has 1 aliphatic rings. The van der Waals surface area contributed by atoms with Crippen molar-refractivity contribution >= 4 is 44.2 Å². The predicted octanol–water partition coefficient (Wildman–Crippen LogP) is 3.98. The molecular formula is C20H19ClN4O2S2. The van der Waals surface area contributed by atoms with Crippen LogP contribution in [0.15, 0.2) is 60.0 Å². The van der Waals surface area contributed by atoms with E-state index < -0.39 is 10.0 Å². The molecule has 2 aromatic carbocycles. The fraction of sp³-hybridized carbons (Fsp3) is 0.200. The molecule has 0 saturated carbocycles. The van der Waals surface area contributed by atoms with E-state index in [0.29, 0.717) is 31.2 Å². The summed E-state index contributed by atoms with van der Waals surface area (Å²) in [6, 6.07) is 16.9. The summed E-state index contributed by atoms with van der Waals surface area (Å²) in [5.74, 6) is 0. The molecule has 150 valence electrons. The van der Waals surface area contributed by atoms with Crippen LogP contribution in [0.1, 0.15) is 5.56 Å². The fourth-order valence-corrected chi connectivity index (χ4v) is 5.43. The summed E-state index contributed by atoms with van der Waals surface area (Å²) in [4.78, 5) is 2.06. The first kappa shape index (κ1) is 20.0. The van der Waals surface area contributed by atoms with E-state index in [2.05, 4.69) is 15.1 Å². The van der Waals surface area contributed by atoms with Crippen molar-refractivity contribution in [1.29, 1.82) is 0 Å². The van der Waals surface area contributed by atoms with E-state index in [1.807, 2.05) is 54.6 Å². The molecule has 1 saturated heterocycles. The van der Waals surface area contributed by atoms with Crippen LogP contribution in [0.25, 0.3) is 16.6 Å². The van der Waals surface area contributed by atoms with E-state index in [1.165, 1.54) is 21.1 Å². The molecule has 0 spiro atoms. The maximum atomic E-state index is 12.6. The lowest BCUT2D eigenvalue weighted by Gasteiger charge is -2.32. The number of aromatic nitrogens is 2. The first-order valence-corrected chi connectivity index (χ1v) is 11.8. The predicted molar refractivity (Wildman–Crippen MR) is 119 cm³/mol. The molecule has 1 aromatic heterocycles. The van der Waals surface area contributed by atoms with Crippen LogP contribution in [0.3, 0.4) is 0 Å². The molecule has 0 bridgehead atoms. The molecular weight excluding hydrogens is 428 g/mol. The van der Waals surface area contributed by atoms with E-state index in [1.54, 1.807) is 6.08 Å². The van der Waals surface area contributed by atoms with Crippen molar-refractivity contribution < 1.29 is 8.42 Å². The topological polar surface area (TPSA) is 66.4 Å². The maximum absolute atomic E-state index is 12.6. The number of rotatable bonds is 5. The smallest absolute Gasteiger partial charge is 0.236 e. The van der Waals surface area contributed by atoms with E-state index in [-0.39, 0.29) is 0 Å². The molecule has 3 aromatic rings. The number of sulfonamides is 1. The standard InChI is InChI=1S/C20H19ClN4O2S2/c21-18-9-5-4-8-17(18)19-22-23-20(28-19)24-11-13-25(14-12-24)29(26,27)15-10-16-6-2-1-3-7-16/h1-10,15H,11-14H2/b15-10+. The van der Waals surface area contributed by atoms with Crippen molar-refractivity contribution in [2.75, 3.05) is 31.1 Å². The van der Waals surface area contributed by atoms with Gasteiger partial charge in [-0.25, -0.2) is 8.42 Å². The Morgan fingerprint density at radius 3 is 2.34 bits per heavy atom. The van der Waals surface area contributed by atoms with Crippen LogP contribution in [-0.4, -0.2) is 49.1 Å². The lowest BCUT2D eigenvalue weighted by atomic mass is 10.2. The van der Waals surface area contributed by atoms with Crippen LogP contribution in [0.4, 0.5) is 5.13 Å². The average molecular weight is 447 g/mol. The van der Waals surface area contributed by atoms with Crippen LogP contribution in [-0.2, 0) is 10.0 Å². The van der Waals surface area contributed by atoms with Crippen molar-refractivity contribution in [2.24, 2.45) is 0 Å². The second-order valence-electron chi connectivity index (χ2n) is 6.51. The highest BCUT2D eigenvalue weighted by Crippen LogP contribution is 2.33. The van der Waals surface area contributed by atoms with Crippen molar-refractivity contribution in [3.8, 4) is 10.6 Å². The van der Waals surface area contributed by atoms with Crippen molar-refractivity contribution in [3.05, 3.63) is 70.6 Å². The Kier molecular flexibility index (Phi) is 5.96. The monoisotopic (exact) mass is 446 g/mol. The molecule has 0 N–H and O–H groups in total. The largest absolute Gasteiger partial charge is 0.344 e. The van der Waals surface area contributed by atoms with Gasteiger partial charge in [0.05, 0.1) is 5.02 Å². The molecule has 0 atom stereocenters. The summed E-state index contributed by atoms with van der Waals surface area (Å²) in [5, 5.41) is 12.0. The van der Waals surface area contributed by atoms with Crippen LogP contribution in [0.5, 0.6) is 0 Å². The molecule has 6 nitrogen and oxygen atoms in total. The summed E-state index contributed by atoms with van der Waals surface area (Å²) in [5.41, 5.74) is 1.71. The Balaban J connectivity index is 1.41. The highest BCUT2D eigenvalue weighted by molar-refractivity contribution is 7.92. The summed E-state index contributed by atoms with van der Waals surface area (Å²) in [7, 11) is -3.45. The number of nitrogens with zero attached hydrogens (tertiary/aromatic N) is 4. The summed E-state index contributed by atoms with van der Waals surface area (Å²) in [6.45, 7) is 1.94. The molecule has 0 aliphatic carbocycles. The quantitative estimate of drug-likeness (QED) is 0.593. The van der Waals surface area contributed by atoms with Gasteiger partial charge in [0, 0.05) is 37.2 Å². The Morgan fingerprint density at radius 1 is 0.931 bits per heavy atom. The van der Waals surface area contributed by atoms with Gasteiger partial charge in [-0.05, 0) is 17.7 Å². The number of hydrogen-bond donors (Lipinski definition) is 0. The molecule has 2 heterocycles. The van der Waals surface area contributed by atoms with Crippen LogP contribution in [0.2, 0.25) is 5.02 Å². The molecule has 9 heteroatoms. The van der Waals surface area contributed by atoms with Crippen LogP contribution in [0, 0.1) is 0 Å². The van der Waals surface area contributed by atoms with Gasteiger partial charge in [0.1, 0.15) is 0 Å². The SMILES string of the molecule is O=S(=O)(/C=C/c1ccccc1)N1CCN(c2nnc(-c3ccccc3Cl)s2)CC1. The third-order valence-electron chi connectivity index (χ3n) is 4.62. The Labute approximate surface area is 179 Å². The van der Waals surface area contributed by atoms with Gasteiger partial charge in [-0.3, -0.25) is 0 Å². The van der Waals surface area contributed by atoms with Crippen LogP contribution >= 0.6 is 22.9 Å². The van der Waals surface area contributed by atoms with E-state index in [4.69, 9.17) is 11.6 Å². The highest BCUT2D eigenvalue weighted by atomic mass is 35.5. The average Bonchev–Trinajstić information content (AvgIpc) is 3.24. The second-order valence-corrected chi connectivity index (χ2v) is 9.70. The minimum Gasteiger partial charge on any atom is -0.344 e. The lowest BCUT2D eigenvalue weighted by molar-refractivity contribution is 0.389. The van der Waals surface area contributed by atoms with E-state index in [9.17, 15) is 8.42 Å². The Bertz CT molecular complexity index is 1110. The number of hydrogen-bond acceptors (Lipinski definition) is 6. The van der Waals surface area contributed by atoms with Gasteiger partial charge < -0.3 is 4.90 Å². The van der Waals surface area contributed by atoms with Gasteiger partial charge in [-0.1, -0.05) is 71.5 Å². The minimum absolute atomic E-state index is 0.405. The summed E-state index contributed by atoms with van der Waals surface area (Å²) < 4.78 is 26.7. The zero-order valence-electron chi connectivity index (χ0n) is 15.5. The summed E-state index contributed by atoms with van der Waals surface area (Å²) >= 11 is 7.70. The molecule has 1 aliphatic heterocycles. The summed E-state index contributed by atoms with van der Waals surface area (Å²) in [6.07, 6.45) is 1.63. The normalized spacial score (nSPS) is 15.8. The van der Waals surface area contributed by atoms with Gasteiger partial charge in [-0.2, -0.15) is 4.31 Å². The number of benzene rings is 2. The van der Waals surface area contributed by atoms with Gasteiger partial charge in [0.2, 0.25) is 15.2 Å². The maximum Gasteiger partial charge on any atom is 0.236 e. The first-order chi connectivity index (χ1) is 14.0. The van der Waals surface area contributed by atoms with Crippen molar-refractivity contribution in [1.82, 2.24) is 14.5 Å². The minimum atomic E-state index is -3.45. The molecule has 0 unspecified atom stereocenters. The molecule has 0 amide bonds. The number of halogens is 1. The van der Waals surface area contributed by atoms with Crippen LogP contribution < -0.4 is 4.90 Å². The molecule has 1 fully saturated rings. The lowest BCUT2D eigenvalue weighted by Crippen LogP contribution is -2.48. The zero-order valence-corrected chi connectivity index (χ0v) is 17.9. The Hall–Kier alpha value is -2.26. The molecule has 4 rings (SSSR count).